The zero-order valence-corrected chi connectivity index (χ0v) is 20.0. The summed E-state index contributed by atoms with van der Waals surface area (Å²) >= 11 is 1.31. The maximum Gasteiger partial charge on any atom is -0.0488 e. The van der Waals surface area contributed by atoms with E-state index in [1.807, 2.05) is 30.3 Å². The molecule has 3 heteroatoms. The molecule has 0 saturated heterocycles. The largest absolute Gasteiger partial charge is 1.00 e. The SMILES string of the molecule is CC[C](=[Hf+2])CC.Cc1ccc(C)c2[cH-]ccc12.[Cl-].[Cl-].c1cc[cH-]c1. The predicted molar refractivity (Wildman–Crippen MR) is 96.6 cm³/mol. The third kappa shape index (κ3) is 9.11. The number of hydrogen-bond acceptors (Lipinski definition) is 0. The van der Waals surface area contributed by atoms with E-state index in [4.69, 9.17) is 0 Å². The van der Waals surface area contributed by atoms with Crippen molar-refractivity contribution in [2.45, 2.75) is 40.5 Å². The topological polar surface area (TPSA) is 0 Å². The van der Waals surface area contributed by atoms with Crippen LogP contribution in [0.5, 0.6) is 0 Å². The van der Waals surface area contributed by atoms with Crippen LogP contribution in [0.2, 0.25) is 0 Å². The standard InChI is InChI=1S/C11H11.C5H5.C5H10.2ClH.Hf/c1-8-6-7-9(2)11-5-3-4-10(8)11;1-2-4-5-3-1;1-3-5-4-2;;;/h3-7H,1-2H3;1-5H;3-4H2,1-2H3;2*1H;/q2*-1;;;;+2/p-2. The molecular weight excluding hydrogens is 502 g/mol. The van der Waals surface area contributed by atoms with Crippen molar-refractivity contribution in [2.75, 3.05) is 0 Å². The van der Waals surface area contributed by atoms with E-state index >= 15 is 0 Å². The summed E-state index contributed by atoms with van der Waals surface area (Å²) in [7, 11) is 0. The first-order valence-corrected chi connectivity index (χ1v) is 9.74. The number of aryl methyl sites for hydroxylation is 2. The van der Waals surface area contributed by atoms with Crippen LogP contribution in [0.15, 0.2) is 60.7 Å². The summed E-state index contributed by atoms with van der Waals surface area (Å²) in [6.07, 6.45) is 2.62. The number of fused-ring (bicyclic) bond motifs is 1. The van der Waals surface area contributed by atoms with E-state index in [9.17, 15) is 0 Å². The molecule has 0 aliphatic heterocycles. The Morgan fingerprint density at radius 3 is 1.79 bits per heavy atom. The Balaban J connectivity index is 0. The average Bonchev–Trinajstić information content (AvgIpc) is 3.25. The molecule has 0 fully saturated rings. The first kappa shape index (κ1) is 25.7. The second-order valence-electron chi connectivity index (χ2n) is 5.33. The third-order valence-corrected chi connectivity index (χ3v) is 6.20. The first-order chi connectivity index (χ1) is 10.6. The number of hydrogen-bond donors (Lipinski definition) is 0. The van der Waals surface area contributed by atoms with Gasteiger partial charge in [-0.25, -0.2) is 12.1 Å². The second kappa shape index (κ2) is 14.8. The third-order valence-electron chi connectivity index (χ3n) is 3.66. The quantitative estimate of drug-likeness (QED) is 0.328. The van der Waals surface area contributed by atoms with Crippen molar-refractivity contribution in [1.82, 2.24) is 0 Å². The maximum absolute atomic E-state index is 2.23. The molecule has 0 spiro atoms. The fraction of sp³-hybridized carbons (Fsp3) is 0.286. The van der Waals surface area contributed by atoms with E-state index in [1.165, 1.54) is 58.6 Å². The minimum atomic E-state index is 0. The van der Waals surface area contributed by atoms with Crippen molar-refractivity contribution in [1.29, 1.82) is 0 Å². The molecule has 0 bridgehead atoms. The van der Waals surface area contributed by atoms with Gasteiger partial charge in [-0.05, 0) is 6.92 Å². The molecular formula is C21H26Cl2Hf-2. The number of rotatable bonds is 2. The number of benzene rings is 1. The minimum absolute atomic E-state index is 0. The van der Waals surface area contributed by atoms with E-state index in [0.717, 1.165) is 0 Å². The predicted octanol–water partition coefficient (Wildman–Crippen LogP) is 0.115. The second-order valence-corrected chi connectivity index (χ2v) is 7.87. The zero-order valence-electron chi connectivity index (χ0n) is 14.9. The van der Waals surface area contributed by atoms with Crippen LogP contribution in [-0.4, -0.2) is 3.26 Å². The molecule has 0 saturated carbocycles. The van der Waals surface area contributed by atoms with Crippen LogP contribution in [0.3, 0.4) is 0 Å². The average molecular weight is 528 g/mol. The van der Waals surface area contributed by atoms with Crippen LogP contribution in [0.1, 0.15) is 37.8 Å². The molecule has 0 heterocycles. The van der Waals surface area contributed by atoms with E-state index in [0.29, 0.717) is 0 Å². The smallest absolute Gasteiger partial charge is 0.0488 e. The number of halogens is 2. The van der Waals surface area contributed by atoms with Crippen molar-refractivity contribution in [3.8, 4) is 0 Å². The molecule has 0 amide bonds. The van der Waals surface area contributed by atoms with Crippen molar-refractivity contribution in [2.24, 2.45) is 0 Å². The summed E-state index contributed by atoms with van der Waals surface area (Å²) < 4.78 is 1.73. The van der Waals surface area contributed by atoms with Gasteiger partial charge in [0, 0.05) is 0 Å². The normalized spacial score (nSPS) is 8.75. The summed E-state index contributed by atoms with van der Waals surface area (Å²) in [5.41, 5.74) is 2.74. The van der Waals surface area contributed by atoms with Gasteiger partial charge in [-0.3, -0.25) is 0 Å². The molecule has 130 valence electrons. The van der Waals surface area contributed by atoms with Gasteiger partial charge < -0.3 is 24.8 Å². The molecule has 0 atom stereocenters. The Bertz CT molecular complexity index is 607. The van der Waals surface area contributed by atoms with Gasteiger partial charge in [0.05, 0.1) is 0 Å². The molecule has 0 N–H and O–H groups in total. The fourth-order valence-electron chi connectivity index (χ4n) is 2.11. The Kier molecular flexibility index (Phi) is 15.9. The van der Waals surface area contributed by atoms with Crippen LogP contribution in [0.4, 0.5) is 0 Å². The van der Waals surface area contributed by atoms with E-state index < -0.39 is 0 Å². The zero-order chi connectivity index (χ0) is 16.4. The molecule has 3 rings (SSSR count). The molecule has 0 aliphatic carbocycles. The summed E-state index contributed by atoms with van der Waals surface area (Å²) in [4.78, 5) is 0. The molecule has 0 nitrogen and oxygen atoms in total. The van der Waals surface area contributed by atoms with E-state index in [1.54, 1.807) is 3.26 Å². The monoisotopic (exact) mass is 528 g/mol. The maximum atomic E-state index is 2.23. The van der Waals surface area contributed by atoms with Gasteiger partial charge in [-0.15, -0.1) is 28.5 Å². The molecule has 0 unspecified atom stereocenters. The molecule has 0 aromatic heterocycles. The van der Waals surface area contributed by atoms with Crippen LogP contribution >= 0.6 is 0 Å². The summed E-state index contributed by atoms with van der Waals surface area (Å²) in [6, 6.07) is 20.8. The van der Waals surface area contributed by atoms with Crippen LogP contribution < -0.4 is 24.8 Å². The molecule has 3 aromatic rings. The van der Waals surface area contributed by atoms with Crippen molar-refractivity contribution in [3.63, 3.8) is 0 Å². The summed E-state index contributed by atoms with van der Waals surface area (Å²) in [5, 5.41) is 2.79. The molecule has 0 radical (unpaired) electrons. The van der Waals surface area contributed by atoms with Crippen molar-refractivity contribution >= 4 is 14.0 Å². The molecule has 24 heavy (non-hydrogen) atoms. The van der Waals surface area contributed by atoms with Crippen molar-refractivity contribution in [3.05, 3.63) is 71.8 Å². The summed E-state index contributed by atoms with van der Waals surface area (Å²) in [6.45, 7) is 8.77. The first-order valence-electron chi connectivity index (χ1n) is 7.94. The van der Waals surface area contributed by atoms with Gasteiger partial charge in [0.25, 0.3) is 0 Å². The van der Waals surface area contributed by atoms with Gasteiger partial charge in [0.15, 0.2) is 0 Å². The van der Waals surface area contributed by atoms with Gasteiger partial charge in [-0.1, -0.05) is 18.6 Å². The summed E-state index contributed by atoms with van der Waals surface area (Å²) in [5.74, 6) is 0. The van der Waals surface area contributed by atoms with E-state index in [2.05, 4.69) is 58.0 Å². The molecule has 3 aromatic carbocycles. The fourth-order valence-corrected chi connectivity index (χ4v) is 2.11. The van der Waals surface area contributed by atoms with Crippen LogP contribution in [0.25, 0.3) is 10.8 Å². The van der Waals surface area contributed by atoms with E-state index in [-0.39, 0.29) is 24.8 Å². The van der Waals surface area contributed by atoms with Crippen LogP contribution in [0, 0.1) is 13.8 Å². The minimum Gasteiger partial charge on any atom is -1.00 e. The van der Waals surface area contributed by atoms with Gasteiger partial charge in [0.1, 0.15) is 0 Å². The Labute approximate surface area is 174 Å². The van der Waals surface area contributed by atoms with Crippen molar-refractivity contribution < 1.29 is 48.7 Å². The Morgan fingerprint density at radius 2 is 1.42 bits per heavy atom. The Hall–Kier alpha value is -0.500. The van der Waals surface area contributed by atoms with Gasteiger partial charge in [0.2, 0.25) is 0 Å². The van der Waals surface area contributed by atoms with Crippen LogP contribution in [-0.2, 0) is 23.9 Å². The molecule has 0 aliphatic rings. The van der Waals surface area contributed by atoms with Gasteiger partial charge in [-0.2, -0.15) is 30.3 Å². The van der Waals surface area contributed by atoms with Gasteiger partial charge >= 0.3 is 53.8 Å². The Morgan fingerprint density at radius 1 is 0.875 bits per heavy atom.